The first kappa shape index (κ1) is 21.7. The van der Waals surface area contributed by atoms with E-state index in [0.29, 0.717) is 19.0 Å². The van der Waals surface area contributed by atoms with Crippen LogP contribution in [0, 0.1) is 0 Å². The van der Waals surface area contributed by atoms with Gasteiger partial charge in [0.2, 0.25) is 0 Å². The van der Waals surface area contributed by atoms with E-state index < -0.39 is 0 Å². The van der Waals surface area contributed by atoms with Crippen molar-refractivity contribution in [1.29, 1.82) is 0 Å². The number of hydrogen-bond acceptors (Lipinski definition) is 5. The molecule has 33 heavy (non-hydrogen) atoms. The number of rotatable bonds is 6. The van der Waals surface area contributed by atoms with E-state index in [1.165, 1.54) is 32.4 Å². The minimum atomic E-state index is 0.0403. The van der Waals surface area contributed by atoms with Crippen LogP contribution >= 0.6 is 0 Å². The minimum Gasteiger partial charge on any atom is -0.508 e. The van der Waals surface area contributed by atoms with Gasteiger partial charge in [0.25, 0.3) is 0 Å². The summed E-state index contributed by atoms with van der Waals surface area (Å²) in [5.41, 5.74) is 3.22. The molecule has 0 aromatic heterocycles. The topological polar surface area (TPSA) is 62.2 Å². The van der Waals surface area contributed by atoms with E-state index in [0.717, 1.165) is 29.0 Å². The number of phenolic OH excluding ortho intramolecular Hbond substituents is 2. The lowest BCUT2D eigenvalue weighted by Crippen LogP contribution is -2.33. The van der Waals surface area contributed by atoms with Crippen molar-refractivity contribution in [2.24, 2.45) is 0 Å². The lowest BCUT2D eigenvalue weighted by molar-refractivity contribution is 0.183. The number of ether oxygens (including phenoxy) is 2. The Morgan fingerprint density at radius 2 is 1.64 bits per heavy atom. The second kappa shape index (κ2) is 9.75. The molecule has 0 spiro atoms. The highest BCUT2D eigenvalue weighted by Crippen LogP contribution is 2.47. The summed E-state index contributed by atoms with van der Waals surface area (Å²) in [5, 5.41) is 20.0. The summed E-state index contributed by atoms with van der Waals surface area (Å²) < 4.78 is 12.1. The van der Waals surface area contributed by atoms with Crippen LogP contribution in [0.3, 0.4) is 0 Å². The second-order valence-electron chi connectivity index (χ2n) is 9.03. The molecule has 0 unspecified atom stereocenters. The molecule has 0 saturated carbocycles. The van der Waals surface area contributed by atoms with E-state index in [9.17, 15) is 10.2 Å². The van der Waals surface area contributed by atoms with E-state index in [-0.39, 0.29) is 23.3 Å². The van der Waals surface area contributed by atoms with E-state index >= 15 is 0 Å². The summed E-state index contributed by atoms with van der Waals surface area (Å²) in [6, 6.07) is 21.1. The van der Waals surface area contributed by atoms with E-state index in [4.69, 9.17) is 9.47 Å². The smallest absolute Gasteiger partial charge is 0.126 e. The van der Waals surface area contributed by atoms with Crippen molar-refractivity contribution in [3.05, 3.63) is 83.4 Å². The van der Waals surface area contributed by atoms with Crippen LogP contribution in [0.2, 0.25) is 0 Å². The molecule has 3 aromatic carbocycles. The fraction of sp³-hybridized carbons (Fsp3) is 0.357. The first-order chi connectivity index (χ1) is 16.2. The summed E-state index contributed by atoms with van der Waals surface area (Å²) in [6.07, 6.45) is 3.93. The molecule has 5 nitrogen and oxygen atoms in total. The monoisotopic (exact) mass is 445 g/mol. The Morgan fingerprint density at radius 3 is 2.42 bits per heavy atom. The Balaban J connectivity index is 1.37. The Kier molecular flexibility index (Phi) is 6.40. The highest BCUT2D eigenvalue weighted by Gasteiger charge is 2.33. The second-order valence-corrected chi connectivity index (χ2v) is 9.03. The molecule has 2 heterocycles. The van der Waals surface area contributed by atoms with Gasteiger partial charge in [-0.05, 0) is 67.4 Å². The standard InChI is InChI=1S/C28H31NO4/c30-22-6-4-5-21(17-22)26-19-33-27-18-23(31)9-12-25(27)28(26)20-7-10-24(11-8-20)32-16-15-29-13-2-1-3-14-29/h4-12,17-18,26,28,30-31H,1-3,13-16,19H2/t26-,28-/m0/s1. The molecule has 2 N–H and O–H groups in total. The molecular formula is C28H31NO4. The predicted molar refractivity (Wildman–Crippen MR) is 129 cm³/mol. The fourth-order valence-corrected chi connectivity index (χ4v) is 5.10. The molecule has 5 rings (SSSR count). The van der Waals surface area contributed by atoms with E-state index in [1.54, 1.807) is 18.2 Å². The number of fused-ring (bicyclic) bond motifs is 1. The Bertz CT molecular complexity index is 1080. The van der Waals surface area contributed by atoms with Crippen molar-refractivity contribution in [3.8, 4) is 23.0 Å². The van der Waals surface area contributed by atoms with Crippen molar-refractivity contribution in [3.63, 3.8) is 0 Å². The van der Waals surface area contributed by atoms with Gasteiger partial charge in [0.15, 0.2) is 0 Å². The Morgan fingerprint density at radius 1 is 0.848 bits per heavy atom. The van der Waals surface area contributed by atoms with E-state index in [1.807, 2.05) is 36.4 Å². The van der Waals surface area contributed by atoms with Gasteiger partial charge in [-0.2, -0.15) is 0 Å². The summed E-state index contributed by atoms with van der Waals surface area (Å²) in [5.74, 6) is 2.11. The summed E-state index contributed by atoms with van der Waals surface area (Å²) in [6.45, 7) is 4.50. The van der Waals surface area contributed by atoms with Crippen LogP contribution < -0.4 is 9.47 Å². The molecule has 5 heteroatoms. The van der Waals surface area contributed by atoms with Crippen molar-refractivity contribution >= 4 is 0 Å². The number of benzene rings is 3. The molecule has 172 valence electrons. The SMILES string of the molecule is Oc1cccc([C@@H]2COc3cc(O)ccc3[C@@H]2c2ccc(OCCN3CCCCC3)cc2)c1. The Labute approximate surface area is 195 Å². The molecule has 2 aliphatic rings. The van der Waals surface area contributed by atoms with Crippen LogP contribution in [0.5, 0.6) is 23.0 Å². The van der Waals surface area contributed by atoms with Crippen LogP contribution in [-0.2, 0) is 0 Å². The first-order valence-corrected chi connectivity index (χ1v) is 11.9. The van der Waals surface area contributed by atoms with Gasteiger partial charge in [0.05, 0.1) is 6.61 Å². The quantitative estimate of drug-likeness (QED) is 0.541. The van der Waals surface area contributed by atoms with E-state index in [2.05, 4.69) is 17.0 Å². The normalized spacial score (nSPS) is 20.6. The zero-order valence-electron chi connectivity index (χ0n) is 18.8. The average molecular weight is 446 g/mol. The van der Waals surface area contributed by atoms with Gasteiger partial charge in [-0.15, -0.1) is 0 Å². The molecule has 1 saturated heterocycles. The van der Waals surface area contributed by atoms with Crippen molar-refractivity contribution in [2.75, 3.05) is 32.8 Å². The number of hydrogen-bond donors (Lipinski definition) is 2. The third kappa shape index (κ3) is 4.93. The van der Waals surface area contributed by atoms with Crippen LogP contribution in [-0.4, -0.2) is 48.0 Å². The molecule has 0 amide bonds. The molecular weight excluding hydrogens is 414 g/mol. The molecule has 3 aromatic rings. The van der Waals surface area contributed by atoms with Gasteiger partial charge in [-0.3, -0.25) is 4.90 Å². The van der Waals surface area contributed by atoms with Crippen LogP contribution in [0.25, 0.3) is 0 Å². The molecule has 0 bridgehead atoms. The van der Waals surface area contributed by atoms with Crippen molar-refractivity contribution < 1.29 is 19.7 Å². The van der Waals surface area contributed by atoms with Gasteiger partial charge in [0, 0.05) is 30.0 Å². The summed E-state index contributed by atoms with van der Waals surface area (Å²) in [7, 11) is 0. The molecule has 2 atom stereocenters. The highest BCUT2D eigenvalue weighted by molar-refractivity contribution is 5.51. The third-order valence-corrected chi connectivity index (χ3v) is 6.82. The van der Waals surface area contributed by atoms with Gasteiger partial charge in [0.1, 0.15) is 29.6 Å². The highest BCUT2D eigenvalue weighted by atomic mass is 16.5. The summed E-state index contributed by atoms with van der Waals surface area (Å²) in [4.78, 5) is 2.48. The lowest BCUT2D eigenvalue weighted by Gasteiger charge is -2.34. The van der Waals surface area contributed by atoms with Crippen LogP contribution in [0.1, 0.15) is 47.8 Å². The number of phenols is 2. The first-order valence-electron chi connectivity index (χ1n) is 11.9. The zero-order valence-corrected chi connectivity index (χ0v) is 18.8. The molecule has 0 radical (unpaired) electrons. The number of likely N-dealkylation sites (tertiary alicyclic amines) is 1. The van der Waals surface area contributed by atoms with Crippen LogP contribution in [0.15, 0.2) is 66.7 Å². The number of aromatic hydroxyl groups is 2. The number of nitrogens with zero attached hydrogens (tertiary/aromatic N) is 1. The van der Waals surface area contributed by atoms with Gasteiger partial charge >= 0.3 is 0 Å². The molecule has 1 fully saturated rings. The average Bonchev–Trinajstić information content (AvgIpc) is 2.84. The van der Waals surface area contributed by atoms with Crippen molar-refractivity contribution in [2.45, 2.75) is 31.1 Å². The molecule has 2 aliphatic heterocycles. The Hall–Kier alpha value is -3.18. The maximum atomic E-state index is 10.1. The number of piperidine rings is 1. The zero-order chi connectivity index (χ0) is 22.6. The fourth-order valence-electron chi connectivity index (χ4n) is 5.10. The van der Waals surface area contributed by atoms with Gasteiger partial charge < -0.3 is 19.7 Å². The molecule has 0 aliphatic carbocycles. The van der Waals surface area contributed by atoms with Crippen LogP contribution in [0.4, 0.5) is 0 Å². The van der Waals surface area contributed by atoms with Gasteiger partial charge in [-0.25, -0.2) is 0 Å². The van der Waals surface area contributed by atoms with Crippen molar-refractivity contribution in [1.82, 2.24) is 4.90 Å². The minimum absolute atomic E-state index is 0.0403. The van der Waals surface area contributed by atoms with Gasteiger partial charge in [-0.1, -0.05) is 36.8 Å². The maximum absolute atomic E-state index is 10.1. The predicted octanol–water partition coefficient (Wildman–Crippen LogP) is 5.27. The largest absolute Gasteiger partial charge is 0.508 e. The third-order valence-electron chi connectivity index (χ3n) is 6.82. The summed E-state index contributed by atoms with van der Waals surface area (Å²) >= 11 is 0. The maximum Gasteiger partial charge on any atom is 0.126 e. The lowest BCUT2D eigenvalue weighted by atomic mass is 9.76.